The van der Waals surface area contributed by atoms with Crippen LogP contribution < -0.4 is 16.0 Å². The lowest BCUT2D eigenvalue weighted by Gasteiger charge is -2.19. The summed E-state index contributed by atoms with van der Waals surface area (Å²) in [4.78, 5) is 21.1. The lowest BCUT2D eigenvalue weighted by atomic mass is 10.1. The summed E-state index contributed by atoms with van der Waals surface area (Å²) in [6.07, 6.45) is 0.926. The van der Waals surface area contributed by atoms with Gasteiger partial charge in [0.15, 0.2) is 15.7 Å². The maximum Gasteiger partial charge on any atom is 0.318 e. The summed E-state index contributed by atoms with van der Waals surface area (Å²) in [5.41, 5.74) is 1.68. The molecule has 0 spiro atoms. The van der Waals surface area contributed by atoms with Crippen LogP contribution in [0.25, 0.3) is 11.4 Å². The number of benzene rings is 2. The molecule has 1 saturated carbocycles. The zero-order chi connectivity index (χ0) is 24.3. The number of rotatable bonds is 8. The molecule has 1 heterocycles. The van der Waals surface area contributed by atoms with Crippen LogP contribution in [0, 0.1) is 0 Å². The number of hydrogen-bond donors (Lipinski definition) is 4. The van der Waals surface area contributed by atoms with Crippen LogP contribution in [-0.2, 0) is 14.6 Å². The second-order valence-corrected chi connectivity index (χ2v) is 10.5. The molecule has 1 aliphatic carbocycles. The zero-order valence-electron chi connectivity index (χ0n) is 18.9. The quantitative estimate of drug-likeness (QED) is 0.388. The first-order valence-electron chi connectivity index (χ1n) is 10.9. The zero-order valence-corrected chi connectivity index (χ0v) is 19.8. The number of aliphatic hydroxyl groups excluding tert-OH is 1. The van der Waals surface area contributed by atoms with Gasteiger partial charge in [0.2, 0.25) is 0 Å². The number of nitrogens with zero attached hydrogens (tertiary/aromatic N) is 2. The lowest BCUT2D eigenvalue weighted by Crippen LogP contribution is -2.25. The van der Waals surface area contributed by atoms with Crippen LogP contribution in [0.4, 0.5) is 16.3 Å². The van der Waals surface area contributed by atoms with E-state index in [0.717, 1.165) is 0 Å². The average Bonchev–Trinajstić information content (AvgIpc) is 3.67. The molecule has 0 aliphatic heterocycles. The number of urea groups is 1. The van der Waals surface area contributed by atoms with Crippen LogP contribution in [0.2, 0.25) is 0 Å². The third-order valence-electron chi connectivity index (χ3n) is 5.76. The Bertz CT molecular complexity index is 1280. The molecule has 34 heavy (non-hydrogen) atoms. The smallest absolute Gasteiger partial charge is 0.318 e. The molecule has 10 heteroatoms. The van der Waals surface area contributed by atoms with E-state index >= 15 is 0 Å². The molecular weight excluding hydrogens is 454 g/mol. The molecule has 2 aromatic carbocycles. The minimum atomic E-state index is -3.68. The van der Waals surface area contributed by atoms with Gasteiger partial charge in [0, 0.05) is 30.4 Å². The molecule has 1 fully saturated rings. The van der Waals surface area contributed by atoms with Crippen LogP contribution in [0.3, 0.4) is 0 Å². The number of nitrogens with one attached hydrogen (secondary N) is 3. The van der Waals surface area contributed by atoms with Gasteiger partial charge in [-0.25, -0.2) is 23.2 Å². The highest BCUT2D eigenvalue weighted by Gasteiger charge is 2.57. The Morgan fingerprint density at radius 1 is 1.09 bits per heavy atom. The number of anilines is 2. The van der Waals surface area contributed by atoms with Gasteiger partial charge in [-0.05, 0) is 56.2 Å². The van der Waals surface area contributed by atoms with Crippen LogP contribution in [0.1, 0.15) is 25.5 Å². The molecule has 4 N–H and O–H groups in total. The Balaban J connectivity index is 1.76. The highest BCUT2D eigenvalue weighted by molar-refractivity contribution is 7.92. The van der Waals surface area contributed by atoms with Gasteiger partial charge in [-0.3, -0.25) is 0 Å². The van der Waals surface area contributed by atoms with Crippen molar-refractivity contribution in [1.82, 2.24) is 15.3 Å². The number of aliphatic hydroxyl groups is 1. The van der Waals surface area contributed by atoms with Crippen molar-refractivity contribution < 1.29 is 18.3 Å². The largest absolute Gasteiger partial charge is 0.394 e. The fourth-order valence-electron chi connectivity index (χ4n) is 3.68. The van der Waals surface area contributed by atoms with E-state index in [1.165, 1.54) is 7.05 Å². The molecule has 9 nitrogen and oxygen atoms in total. The van der Waals surface area contributed by atoms with Gasteiger partial charge < -0.3 is 21.1 Å². The van der Waals surface area contributed by atoms with Gasteiger partial charge in [-0.2, -0.15) is 0 Å². The first kappa shape index (κ1) is 23.7. The molecule has 0 bridgehead atoms. The van der Waals surface area contributed by atoms with E-state index in [0.29, 0.717) is 41.4 Å². The summed E-state index contributed by atoms with van der Waals surface area (Å²) in [5.74, 6) is 0.787. The number of carbonyl (C=O) groups is 1. The lowest BCUT2D eigenvalue weighted by molar-refractivity contribution is 0.254. The molecule has 0 radical (unpaired) electrons. The van der Waals surface area contributed by atoms with E-state index in [1.54, 1.807) is 67.6 Å². The van der Waals surface area contributed by atoms with Crippen LogP contribution in [-0.4, -0.2) is 49.2 Å². The van der Waals surface area contributed by atoms with Crippen molar-refractivity contribution >= 4 is 27.4 Å². The summed E-state index contributed by atoms with van der Waals surface area (Å²) >= 11 is 0. The van der Waals surface area contributed by atoms with Gasteiger partial charge in [-0.15, -0.1) is 0 Å². The van der Waals surface area contributed by atoms with E-state index in [4.69, 9.17) is 0 Å². The van der Waals surface area contributed by atoms with Crippen LogP contribution in [0.5, 0.6) is 0 Å². The number of sulfone groups is 1. The van der Waals surface area contributed by atoms with E-state index in [-0.39, 0.29) is 23.6 Å². The van der Waals surface area contributed by atoms with E-state index in [9.17, 15) is 18.3 Å². The summed E-state index contributed by atoms with van der Waals surface area (Å²) in [6, 6.07) is 16.4. The Morgan fingerprint density at radius 2 is 1.76 bits per heavy atom. The standard InChI is InChI=1S/C24H27N5O4S/c1-16(15-30)26-21-14-20(24(12-13-24)34(32,33)19-6-4-3-5-7-19)28-22(29-21)17-8-10-18(11-9-17)27-23(31)25-2/h3-11,14,16,30H,12-13,15H2,1-2H3,(H2,25,27,31)(H,26,28,29)/t16-/m0/s1. The van der Waals surface area contributed by atoms with Crippen molar-refractivity contribution in [2.75, 3.05) is 24.3 Å². The van der Waals surface area contributed by atoms with E-state index < -0.39 is 14.6 Å². The van der Waals surface area contributed by atoms with Gasteiger partial charge in [-0.1, -0.05) is 18.2 Å². The summed E-state index contributed by atoms with van der Waals surface area (Å²) in [7, 11) is -2.15. The summed E-state index contributed by atoms with van der Waals surface area (Å²) in [6.45, 7) is 1.69. The van der Waals surface area contributed by atoms with Crippen LogP contribution in [0.15, 0.2) is 65.6 Å². The molecule has 178 valence electrons. The van der Waals surface area contributed by atoms with Gasteiger partial charge in [0.1, 0.15) is 10.6 Å². The average molecular weight is 482 g/mol. The highest BCUT2D eigenvalue weighted by Crippen LogP contribution is 2.55. The predicted octanol–water partition coefficient (Wildman–Crippen LogP) is 3.15. The monoisotopic (exact) mass is 481 g/mol. The molecule has 1 atom stereocenters. The van der Waals surface area contributed by atoms with Crippen molar-refractivity contribution in [3.8, 4) is 11.4 Å². The minimum absolute atomic E-state index is 0.109. The van der Waals surface area contributed by atoms with Gasteiger partial charge >= 0.3 is 6.03 Å². The Labute approximate surface area is 198 Å². The molecular formula is C24H27N5O4S. The fraction of sp³-hybridized carbons (Fsp3) is 0.292. The topological polar surface area (TPSA) is 133 Å². The number of carbonyl (C=O) groups excluding carboxylic acids is 1. The van der Waals surface area contributed by atoms with Crippen LogP contribution >= 0.6 is 0 Å². The molecule has 1 aromatic heterocycles. The van der Waals surface area contributed by atoms with Crippen molar-refractivity contribution in [1.29, 1.82) is 0 Å². The third-order valence-corrected chi connectivity index (χ3v) is 8.30. The number of hydrogen-bond acceptors (Lipinski definition) is 7. The predicted molar refractivity (Wildman–Crippen MR) is 130 cm³/mol. The molecule has 1 aliphatic rings. The third kappa shape index (κ3) is 4.59. The number of aromatic nitrogens is 2. The molecule has 0 unspecified atom stereocenters. The van der Waals surface area contributed by atoms with Gasteiger partial charge in [0.25, 0.3) is 0 Å². The first-order valence-corrected chi connectivity index (χ1v) is 12.4. The van der Waals surface area contributed by atoms with Gasteiger partial charge in [0.05, 0.1) is 17.2 Å². The maximum absolute atomic E-state index is 13.6. The second kappa shape index (κ2) is 9.40. The molecule has 4 rings (SSSR count). The first-order chi connectivity index (χ1) is 16.3. The summed E-state index contributed by atoms with van der Waals surface area (Å²) in [5, 5.41) is 17.8. The van der Waals surface area contributed by atoms with E-state index in [2.05, 4.69) is 25.9 Å². The van der Waals surface area contributed by atoms with Crippen molar-refractivity contribution in [3.63, 3.8) is 0 Å². The Kier molecular flexibility index (Phi) is 6.54. The van der Waals surface area contributed by atoms with Crippen molar-refractivity contribution in [3.05, 3.63) is 66.4 Å². The van der Waals surface area contributed by atoms with E-state index in [1.807, 2.05) is 0 Å². The molecule has 0 saturated heterocycles. The minimum Gasteiger partial charge on any atom is -0.394 e. The second-order valence-electron chi connectivity index (χ2n) is 8.28. The Morgan fingerprint density at radius 3 is 2.35 bits per heavy atom. The normalized spacial score (nSPS) is 15.3. The molecule has 2 amide bonds. The SMILES string of the molecule is CNC(=O)Nc1ccc(-c2nc(N[C@@H](C)CO)cc(C3(S(=O)(=O)c4ccccc4)CC3)n2)cc1. The fourth-order valence-corrected chi connectivity index (χ4v) is 5.67. The molecule has 3 aromatic rings. The summed E-state index contributed by atoms with van der Waals surface area (Å²) < 4.78 is 26.0. The maximum atomic E-state index is 13.6. The van der Waals surface area contributed by atoms with Crippen molar-refractivity contribution in [2.45, 2.75) is 35.4 Å². The van der Waals surface area contributed by atoms with Crippen molar-refractivity contribution in [2.24, 2.45) is 0 Å². The number of amides is 2. The highest BCUT2D eigenvalue weighted by atomic mass is 32.2. The Hall–Kier alpha value is -3.50.